The van der Waals surface area contributed by atoms with Crippen LogP contribution in [0.15, 0.2) is 170 Å². The molecule has 0 bridgehead atoms. The van der Waals surface area contributed by atoms with Crippen LogP contribution in [0.2, 0.25) is 0 Å². The summed E-state index contributed by atoms with van der Waals surface area (Å²) in [5.74, 6) is 0.662. The average molecular weight is 637 g/mol. The highest BCUT2D eigenvalue weighted by molar-refractivity contribution is 6.23. The van der Waals surface area contributed by atoms with Gasteiger partial charge in [0.15, 0.2) is 0 Å². The van der Waals surface area contributed by atoms with Crippen molar-refractivity contribution in [1.82, 2.24) is 19.1 Å². The van der Waals surface area contributed by atoms with Crippen molar-refractivity contribution < 1.29 is 0 Å². The van der Waals surface area contributed by atoms with Crippen molar-refractivity contribution in [3.63, 3.8) is 0 Å². The second-order valence-electron chi connectivity index (χ2n) is 13.0. The van der Waals surface area contributed by atoms with Crippen LogP contribution in [-0.2, 0) is 0 Å². The minimum absolute atomic E-state index is 0.662. The van der Waals surface area contributed by atoms with Crippen LogP contribution in [0.1, 0.15) is 0 Å². The van der Waals surface area contributed by atoms with Crippen molar-refractivity contribution in [3.05, 3.63) is 170 Å². The van der Waals surface area contributed by atoms with Crippen LogP contribution >= 0.6 is 0 Å². The molecule has 0 aliphatic rings. The zero-order valence-corrected chi connectivity index (χ0v) is 27.0. The third-order valence-corrected chi connectivity index (χ3v) is 10.3. The Kier molecular flexibility index (Phi) is 5.63. The first-order valence-corrected chi connectivity index (χ1v) is 17.0. The van der Waals surface area contributed by atoms with Gasteiger partial charge < -0.3 is 4.57 Å². The molecule has 0 radical (unpaired) electrons. The van der Waals surface area contributed by atoms with Crippen LogP contribution in [-0.4, -0.2) is 19.1 Å². The van der Waals surface area contributed by atoms with Crippen LogP contribution in [0.5, 0.6) is 0 Å². The second-order valence-corrected chi connectivity index (χ2v) is 13.0. The van der Waals surface area contributed by atoms with E-state index in [4.69, 9.17) is 9.97 Å². The third-order valence-electron chi connectivity index (χ3n) is 10.3. The summed E-state index contributed by atoms with van der Waals surface area (Å²) in [6.07, 6.45) is 0. The molecule has 8 aromatic carbocycles. The van der Waals surface area contributed by atoms with E-state index < -0.39 is 0 Å². The van der Waals surface area contributed by atoms with Crippen molar-refractivity contribution in [2.45, 2.75) is 0 Å². The van der Waals surface area contributed by atoms with E-state index in [-0.39, 0.29) is 0 Å². The Morgan fingerprint density at radius 2 is 0.940 bits per heavy atom. The van der Waals surface area contributed by atoms with Gasteiger partial charge in [0.05, 0.1) is 33.3 Å². The summed E-state index contributed by atoms with van der Waals surface area (Å²) in [4.78, 5) is 10.7. The van der Waals surface area contributed by atoms with E-state index >= 15 is 0 Å². The molecule has 232 valence electrons. The number of rotatable bonds is 3. The van der Waals surface area contributed by atoms with Crippen molar-refractivity contribution in [3.8, 4) is 22.9 Å². The highest BCUT2D eigenvalue weighted by Crippen LogP contribution is 2.40. The third kappa shape index (κ3) is 3.81. The Morgan fingerprint density at radius 3 is 1.68 bits per heavy atom. The summed E-state index contributed by atoms with van der Waals surface area (Å²) in [5, 5.41) is 10.9. The van der Waals surface area contributed by atoms with E-state index in [0.29, 0.717) is 5.95 Å². The fraction of sp³-hybridized carbons (Fsp3) is 0. The number of benzene rings is 8. The van der Waals surface area contributed by atoms with Crippen LogP contribution in [0, 0.1) is 0 Å². The van der Waals surface area contributed by atoms with Gasteiger partial charge in [-0.2, -0.15) is 0 Å². The fourth-order valence-electron chi connectivity index (χ4n) is 8.13. The summed E-state index contributed by atoms with van der Waals surface area (Å²) in [7, 11) is 0. The first-order chi connectivity index (χ1) is 24.8. The van der Waals surface area contributed by atoms with Gasteiger partial charge in [0, 0.05) is 38.2 Å². The number of fused-ring (bicyclic) bond motifs is 11. The number of hydrogen-bond donors (Lipinski definition) is 0. The molecule has 50 heavy (non-hydrogen) atoms. The number of nitrogens with zero attached hydrogens (tertiary/aromatic N) is 4. The first kappa shape index (κ1) is 27.2. The lowest BCUT2D eigenvalue weighted by atomic mass is 10.0. The normalized spacial score (nSPS) is 12.0. The lowest BCUT2D eigenvalue weighted by Crippen LogP contribution is -2.03. The van der Waals surface area contributed by atoms with E-state index in [2.05, 4.69) is 179 Å². The van der Waals surface area contributed by atoms with Gasteiger partial charge in [0.2, 0.25) is 5.95 Å². The number of hydrogen-bond acceptors (Lipinski definition) is 2. The van der Waals surface area contributed by atoms with Crippen LogP contribution in [0.3, 0.4) is 0 Å². The van der Waals surface area contributed by atoms with Gasteiger partial charge >= 0.3 is 0 Å². The minimum Gasteiger partial charge on any atom is -0.309 e. The molecule has 0 aliphatic carbocycles. The van der Waals surface area contributed by atoms with Gasteiger partial charge in [-0.3, -0.25) is 4.57 Å². The van der Waals surface area contributed by atoms with E-state index in [0.717, 1.165) is 44.4 Å². The molecule has 0 aliphatic heterocycles. The Hall–Kier alpha value is -6.78. The predicted molar refractivity (Wildman–Crippen MR) is 209 cm³/mol. The Morgan fingerprint density at radius 1 is 0.360 bits per heavy atom. The summed E-state index contributed by atoms with van der Waals surface area (Å²) in [6.45, 7) is 0. The van der Waals surface area contributed by atoms with Crippen LogP contribution in [0.25, 0.3) is 99.0 Å². The molecule has 3 heterocycles. The van der Waals surface area contributed by atoms with Crippen molar-refractivity contribution in [2.24, 2.45) is 0 Å². The summed E-state index contributed by atoms with van der Waals surface area (Å²) in [5.41, 5.74) is 8.52. The van der Waals surface area contributed by atoms with Gasteiger partial charge in [-0.05, 0) is 64.0 Å². The molecule has 3 aromatic heterocycles. The highest BCUT2D eigenvalue weighted by Gasteiger charge is 2.20. The van der Waals surface area contributed by atoms with Crippen LogP contribution in [0.4, 0.5) is 0 Å². The molecule has 4 nitrogen and oxygen atoms in total. The van der Waals surface area contributed by atoms with Crippen LogP contribution < -0.4 is 0 Å². The molecule has 0 amide bonds. The Labute approximate surface area is 287 Å². The lowest BCUT2D eigenvalue weighted by Gasteiger charge is -2.13. The molecular weight excluding hydrogens is 609 g/mol. The summed E-state index contributed by atoms with van der Waals surface area (Å²) < 4.78 is 4.63. The number of aromatic nitrogens is 4. The van der Waals surface area contributed by atoms with Gasteiger partial charge in [-0.1, -0.05) is 127 Å². The maximum absolute atomic E-state index is 5.45. The second kappa shape index (κ2) is 10.4. The standard InChI is InChI=1S/C46H28N4/c1-2-14-32(15-3-1)49-40-26-23-29-12-5-7-17-34(29)44(40)37-25-22-31(28-42(37)49)45-35-18-8-10-20-38(35)47-46(48-45)50-39-21-11-9-19-36(39)43-33-16-6-4-13-30(33)24-27-41(43)50/h1-28H. The molecule has 0 N–H and O–H groups in total. The van der Waals surface area contributed by atoms with Gasteiger partial charge in [0.1, 0.15) is 0 Å². The van der Waals surface area contributed by atoms with E-state index in [9.17, 15) is 0 Å². The zero-order valence-electron chi connectivity index (χ0n) is 27.0. The molecule has 0 saturated heterocycles. The maximum atomic E-state index is 5.45. The number of para-hydroxylation sites is 3. The molecule has 0 spiro atoms. The van der Waals surface area contributed by atoms with Gasteiger partial charge in [-0.25, -0.2) is 9.97 Å². The lowest BCUT2D eigenvalue weighted by molar-refractivity contribution is 1.01. The van der Waals surface area contributed by atoms with Crippen molar-refractivity contribution >= 4 is 76.1 Å². The molecule has 11 aromatic rings. The Balaban J connectivity index is 1.23. The van der Waals surface area contributed by atoms with E-state index in [1.165, 1.54) is 48.6 Å². The molecule has 0 atom stereocenters. The predicted octanol–water partition coefficient (Wildman–Crippen LogP) is 11.8. The van der Waals surface area contributed by atoms with E-state index in [1.807, 2.05) is 0 Å². The van der Waals surface area contributed by atoms with Crippen molar-refractivity contribution in [1.29, 1.82) is 0 Å². The molecule has 0 unspecified atom stereocenters. The maximum Gasteiger partial charge on any atom is 0.235 e. The largest absolute Gasteiger partial charge is 0.309 e. The average Bonchev–Trinajstić information content (AvgIpc) is 3.71. The molecule has 0 saturated carbocycles. The van der Waals surface area contributed by atoms with Crippen molar-refractivity contribution in [2.75, 3.05) is 0 Å². The highest BCUT2D eigenvalue weighted by atomic mass is 15.2. The Bertz CT molecular complexity index is 3150. The molecule has 11 rings (SSSR count). The monoisotopic (exact) mass is 636 g/mol. The summed E-state index contributed by atoms with van der Waals surface area (Å²) >= 11 is 0. The van der Waals surface area contributed by atoms with Gasteiger partial charge in [-0.15, -0.1) is 0 Å². The topological polar surface area (TPSA) is 35.6 Å². The minimum atomic E-state index is 0.662. The molecule has 0 fully saturated rings. The smallest absolute Gasteiger partial charge is 0.235 e. The molecule has 4 heteroatoms. The van der Waals surface area contributed by atoms with Gasteiger partial charge in [0.25, 0.3) is 0 Å². The molecular formula is C46H28N4. The zero-order chi connectivity index (χ0) is 32.8. The summed E-state index contributed by atoms with van der Waals surface area (Å²) in [6, 6.07) is 60.7. The SMILES string of the molecule is c1ccc(-n2c3cc(-c4nc(-n5c6ccccc6c6c7ccccc7ccc65)nc5ccccc45)ccc3c3c4ccccc4ccc32)cc1. The quantitative estimate of drug-likeness (QED) is 0.193. The fourth-order valence-corrected chi connectivity index (χ4v) is 8.13. The van der Waals surface area contributed by atoms with E-state index in [1.54, 1.807) is 0 Å². The first-order valence-electron chi connectivity index (χ1n) is 17.0.